The Morgan fingerprint density at radius 3 is 2.60 bits per heavy atom. The lowest BCUT2D eigenvalue weighted by molar-refractivity contribution is 0.102. The van der Waals surface area contributed by atoms with Crippen LogP contribution in [0.25, 0.3) is 11.3 Å². The van der Waals surface area contributed by atoms with Gasteiger partial charge in [0.2, 0.25) is 0 Å². The van der Waals surface area contributed by atoms with Gasteiger partial charge in [-0.15, -0.1) is 0 Å². The number of carbonyl (C=O) groups excluding carboxylic acids is 2. The van der Waals surface area contributed by atoms with Crippen molar-refractivity contribution in [1.29, 1.82) is 0 Å². The summed E-state index contributed by atoms with van der Waals surface area (Å²) in [6, 6.07) is 7.26. The van der Waals surface area contributed by atoms with E-state index in [2.05, 4.69) is 20.3 Å². The second kappa shape index (κ2) is 7.00. The Morgan fingerprint density at radius 2 is 1.92 bits per heavy atom. The third-order valence-electron chi connectivity index (χ3n) is 3.79. The zero-order valence-corrected chi connectivity index (χ0v) is 13.9. The topological polar surface area (TPSA) is 84.8 Å². The Bertz CT molecular complexity index is 936. The van der Waals surface area contributed by atoms with Gasteiger partial charge in [0.25, 0.3) is 5.91 Å². The van der Waals surface area contributed by atoms with Gasteiger partial charge in [-0.25, -0.2) is 4.98 Å². The van der Waals surface area contributed by atoms with Crippen LogP contribution in [0.15, 0.2) is 49.1 Å². The highest BCUT2D eigenvalue weighted by atomic mass is 16.1. The molecule has 0 aliphatic rings. The van der Waals surface area contributed by atoms with E-state index in [1.165, 1.54) is 18.6 Å². The summed E-state index contributed by atoms with van der Waals surface area (Å²) in [6.07, 6.45) is 6.93. The van der Waals surface area contributed by atoms with E-state index in [0.29, 0.717) is 28.2 Å². The number of aromatic nitrogens is 3. The minimum absolute atomic E-state index is 0.295. The number of hydrogen-bond acceptors (Lipinski definition) is 5. The van der Waals surface area contributed by atoms with Gasteiger partial charge >= 0.3 is 0 Å². The zero-order valence-electron chi connectivity index (χ0n) is 13.9. The van der Waals surface area contributed by atoms with Gasteiger partial charge in [-0.1, -0.05) is 17.7 Å². The second-order valence-corrected chi connectivity index (χ2v) is 5.64. The fourth-order valence-corrected chi connectivity index (χ4v) is 2.41. The van der Waals surface area contributed by atoms with Crippen molar-refractivity contribution in [2.24, 2.45) is 0 Å². The van der Waals surface area contributed by atoms with Gasteiger partial charge in [0.1, 0.15) is 0 Å². The molecule has 0 radical (unpaired) electrons. The Kier molecular flexibility index (Phi) is 4.61. The molecule has 3 aromatic rings. The van der Waals surface area contributed by atoms with Gasteiger partial charge in [0.05, 0.1) is 23.7 Å². The predicted octanol–water partition coefficient (Wildman–Crippen LogP) is 3.22. The standard InChI is InChI=1S/C19H16N4O2/c1-12-3-4-14(11-24)15(7-12)17-9-22-18(10-21-17)23-19(25)16-8-20-6-5-13(16)2/h3-11H,1-2H3,(H,22,23,25). The summed E-state index contributed by atoms with van der Waals surface area (Å²) in [5.74, 6) is 0.0362. The largest absolute Gasteiger partial charge is 0.305 e. The van der Waals surface area contributed by atoms with Crippen molar-refractivity contribution in [3.63, 3.8) is 0 Å². The summed E-state index contributed by atoms with van der Waals surface area (Å²) in [6.45, 7) is 3.78. The smallest absolute Gasteiger partial charge is 0.258 e. The molecule has 2 heterocycles. The maximum atomic E-state index is 12.3. The van der Waals surface area contributed by atoms with E-state index in [0.717, 1.165) is 17.4 Å². The molecule has 6 heteroatoms. The summed E-state index contributed by atoms with van der Waals surface area (Å²) in [5.41, 5.74) is 4.15. The van der Waals surface area contributed by atoms with Gasteiger partial charge < -0.3 is 5.32 Å². The van der Waals surface area contributed by atoms with Crippen molar-refractivity contribution in [3.8, 4) is 11.3 Å². The van der Waals surface area contributed by atoms with E-state index in [1.54, 1.807) is 18.3 Å². The minimum Gasteiger partial charge on any atom is -0.305 e. The number of benzene rings is 1. The molecule has 0 bridgehead atoms. The number of pyridine rings is 1. The molecule has 1 amide bonds. The number of aldehydes is 1. The summed E-state index contributed by atoms with van der Waals surface area (Å²) >= 11 is 0. The molecule has 0 saturated heterocycles. The molecule has 0 aliphatic carbocycles. The van der Waals surface area contributed by atoms with Crippen molar-refractivity contribution >= 4 is 18.0 Å². The van der Waals surface area contributed by atoms with Crippen LogP contribution in [0.2, 0.25) is 0 Å². The van der Waals surface area contributed by atoms with Crippen molar-refractivity contribution in [3.05, 3.63) is 71.3 Å². The van der Waals surface area contributed by atoms with Crippen molar-refractivity contribution in [2.75, 3.05) is 5.32 Å². The van der Waals surface area contributed by atoms with Crippen LogP contribution < -0.4 is 5.32 Å². The molecule has 0 aliphatic heterocycles. The fourth-order valence-electron chi connectivity index (χ4n) is 2.41. The summed E-state index contributed by atoms with van der Waals surface area (Å²) in [4.78, 5) is 36.0. The molecule has 0 spiro atoms. The number of nitrogens with one attached hydrogen (secondary N) is 1. The molecule has 0 fully saturated rings. The van der Waals surface area contributed by atoms with Gasteiger partial charge in [-0.05, 0) is 31.5 Å². The molecule has 0 atom stereocenters. The quantitative estimate of drug-likeness (QED) is 0.742. The minimum atomic E-state index is -0.295. The maximum absolute atomic E-state index is 12.3. The number of amides is 1. The highest BCUT2D eigenvalue weighted by Crippen LogP contribution is 2.22. The second-order valence-electron chi connectivity index (χ2n) is 5.64. The van der Waals surface area contributed by atoms with E-state index in [-0.39, 0.29) is 5.91 Å². The first-order valence-electron chi connectivity index (χ1n) is 7.68. The van der Waals surface area contributed by atoms with Gasteiger partial charge in [0.15, 0.2) is 12.1 Å². The Labute approximate surface area is 145 Å². The molecule has 1 N–H and O–H groups in total. The van der Waals surface area contributed by atoms with Crippen LogP contribution in [0.3, 0.4) is 0 Å². The van der Waals surface area contributed by atoms with Crippen LogP contribution in [0.4, 0.5) is 5.82 Å². The molecule has 3 rings (SSSR count). The number of hydrogen-bond donors (Lipinski definition) is 1. The van der Waals surface area contributed by atoms with Gasteiger partial charge in [0, 0.05) is 23.5 Å². The van der Waals surface area contributed by atoms with E-state index in [4.69, 9.17) is 0 Å². The molecule has 124 valence electrons. The molecule has 1 aromatic carbocycles. The Hall–Kier alpha value is -3.41. The van der Waals surface area contributed by atoms with Gasteiger partial charge in [-0.3, -0.25) is 19.6 Å². The van der Waals surface area contributed by atoms with E-state index >= 15 is 0 Å². The first-order chi connectivity index (χ1) is 12.1. The van der Waals surface area contributed by atoms with E-state index < -0.39 is 0 Å². The number of aryl methyl sites for hydroxylation is 2. The SMILES string of the molecule is Cc1ccc(C=O)c(-c2cnc(NC(=O)c3cnccc3C)cn2)c1. The summed E-state index contributed by atoms with van der Waals surface area (Å²) in [7, 11) is 0. The maximum Gasteiger partial charge on any atom is 0.258 e. The number of carbonyl (C=O) groups is 2. The van der Waals surface area contributed by atoms with Crippen LogP contribution >= 0.6 is 0 Å². The van der Waals surface area contributed by atoms with Crippen molar-refractivity contribution in [2.45, 2.75) is 13.8 Å². The van der Waals surface area contributed by atoms with Gasteiger partial charge in [-0.2, -0.15) is 0 Å². The van der Waals surface area contributed by atoms with Crippen molar-refractivity contribution in [1.82, 2.24) is 15.0 Å². The molecule has 25 heavy (non-hydrogen) atoms. The third-order valence-corrected chi connectivity index (χ3v) is 3.79. The van der Waals surface area contributed by atoms with Crippen LogP contribution in [-0.4, -0.2) is 27.1 Å². The molecule has 6 nitrogen and oxygen atoms in total. The lowest BCUT2D eigenvalue weighted by Crippen LogP contribution is -2.14. The van der Waals surface area contributed by atoms with Crippen LogP contribution in [-0.2, 0) is 0 Å². The number of anilines is 1. The molecule has 2 aromatic heterocycles. The average Bonchev–Trinajstić information content (AvgIpc) is 2.62. The van der Waals surface area contributed by atoms with Crippen LogP contribution in [0, 0.1) is 13.8 Å². The monoisotopic (exact) mass is 332 g/mol. The van der Waals surface area contributed by atoms with E-state index in [1.807, 2.05) is 26.0 Å². The molecule has 0 unspecified atom stereocenters. The molecular formula is C19H16N4O2. The lowest BCUT2D eigenvalue weighted by atomic mass is 10.0. The Balaban J connectivity index is 1.84. The summed E-state index contributed by atoms with van der Waals surface area (Å²) < 4.78 is 0. The van der Waals surface area contributed by atoms with E-state index in [9.17, 15) is 9.59 Å². The third kappa shape index (κ3) is 3.58. The molecule has 0 saturated carbocycles. The normalized spacial score (nSPS) is 10.3. The predicted molar refractivity (Wildman–Crippen MR) is 94.5 cm³/mol. The zero-order chi connectivity index (χ0) is 17.8. The first kappa shape index (κ1) is 16.4. The Morgan fingerprint density at radius 1 is 1.08 bits per heavy atom. The number of rotatable bonds is 4. The first-order valence-corrected chi connectivity index (χ1v) is 7.68. The molecular weight excluding hydrogens is 316 g/mol. The van der Waals surface area contributed by atoms with Crippen LogP contribution in [0.5, 0.6) is 0 Å². The lowest BCUT2D eigenvalue weighted by Gasteiger charge is -2.08. The number of nitrogens with zero attached hydrogens (tertiary/aromatic N) is 3. The average molecular weight is 332 g/mol. The van der Waals surface area contributed by atoms with Crippen molar-refractivity contribution < 1.29 is 9.59 Å². The highest BCUT2D eigenvalue weighted by Gasteiger charge is 2.11. The summed E-state index contributed by atoms with van der Waals surface area (Å²) in [5, 5.41) is 2.70. The highest BCUT2D eigenvalue weighted by molar-refractivity contribution is 6.04. The fraction of sp³-hybridized carbons (Fsp3) is 0.105. The van der Waals surface area contributed by atoms with Crippen LogP contribution in [0.1, 0.15) is 31.8 Å².